The van der Waals surface area contributed by atoms with E-state index in [2.05, 4.69) is 20.3 Å². The van der Waals surface area contributed by atoms with Crippen LogP contribution in [0.2, 0.25) is 0 Å². The first-order valence-electron chi connectivity index (χ1n) is 7.95. The largest absolute Gasteiger partial charge is 0.342 e. The molecular formula is C16H21N5OS. The lowest BCUT2D eigenvalue weighted by Crippen LogP contribution is -2.39. The number of carbonyl (C=O) groups excluding carboxylic acids is 1. The van der Waals surface area contributed by atoms with Crippen molar-refractivity contribution >= 4 is 28.2 Å². The molecule has 0 aromatic carbocycles. The third kappa shape index (κ3) is 3.67. The maximum absolute atomic E-state index is 12.0. The van der Waals surface area contributed by atoms with Crippen LogP contribution >= 0.6 is 11.3 Å². The molecule has 1 fully saturated rings. The maximum atomic E-state index is 12.0. The molecule has 0 spiro atoms. The summed E-state index contributed by atoms with van der Waals surface area (Å²) >= 11 is 1.55. The second-order valence-electron chi connectivity index (χ2n) is 5.74. The molecule has 1 aliphatic heterocycles. The molecule has 3 heterocycles. The van der Waals surface area contributed by atoms with Gasteiger partial charge in [0.15, 0.2) is 10.9 Å². The van der Waals surface area contributed by atoms with Crippen LogP contribution in [0, 0.1) is 6.92 Å². The molecule has 6 nitrogen and oxygen atoms in total. The number of piperidine rings is 1. The topological polar surface area (TPSA) is 71.0 Å². The number of aryl methyl sites for hydroxylation is 1. The lowest BCUT2D eigenvalue weighted by Gasteiger charge is -2.32. The first kappa shape index (κ1) is 15.9. The second-order valence-corrected chi connectivity index (χ2v) is 6.60. The van der Waals surface area contributed by atoms with Gasteiger partial charge in [-0.25, -0.2) is 9.97 Å². The highest BCUT2D eigenvalue weighted by atomic mass is 32.1. The monoisotopic (exact) mass is 331 g/mol. The van der Waals surface area contributed by atoms with Crippen LogP contribution in [0.3, 0.4) is 0 Å². The molecule has 1 atom stereocenters. The molecule has 0 bridgehead atoms. The van der Waals surface area contributed by atoms with Crippen LogP contribution < -0.4 is 5.32 Å². The van der Waals surface area contributed by atoms with Crippen molar-refractivity contribution in [2.45, 2.75) is 39.0 Å². The van der Waals surface area contributed by atoms with Crippen LogP contribution in [0.5, 0.6) is 0 Å². The van der Waals surface area contributed by atoms with E-state index < -0.39 is 0 Å². The van der Waals surface area contributed by atoms with E-state index in [0.717, 1.165) is 48.3 Å². The van der Waals surface area contributed by atoms with E-state index in [-0.39, 0.29) is 11.8 Å². The SMILES string of the molecule is CCC(=O)N1CCCC(c2nccnc2Nc2nc(C)cs2)C1. The van der Waals surface area contributed by atoms with Crippen molar-refractivity contribution in [2.24, 2.45) is 0 Å². The summed E-state index contributed by atoms with van der Waals surface area (Å²) in [6.07, 6.45) is 5.98. The van der Waals surface area contributed by atoms with Crippen molar-refractivity contribution in [3.8, 4) is 0 Å². The van der Waals surface area contributed by atoms with E-state index in [0.29, 0.717) is 6.42 Å². The van der Waals surface area contributed by atoms with Crippen molar-refractivity contribution < 1.29 is 4.79 Å². The molecule has 1 saturated heterocycles. The van der Waals surface area contributed by atoms with Gasteiger partial charge >= 0.3 is 0 Å². The molecule has 23 heavy (non-hydrogen) atoms. The zero-order valence-corrected chi connectivity index (χ0v) is 14.3. The minimum Gasteiger partial charge on any atom is -0.342 e. The van der Waals surface area contributed by atoms with E-state index in [9.17, 15) is 4.79 Å². The Morgan fingerprint density at radius 2 is 2.26 bits per heavy atom. The summed E-state index contributed by atoms with van der Waals surface area (Å²) in [5.41, 5.74) is 1.91. The Morgan fingerprint density at radius 3 is 3.00 bits per heavy atom. The predicted molar refractivity (Wildman–Crippen MR) is 91.0 cm³/mol. The summed E-state index contributed by atoms with van der Waals surface area (Å²) in [6.45, 7) is 5.44. The first-order chi connectivity index (χ1) is 11.2. The number of rotatable bonds is 4. The van der Waals surface area contributed by atoms with Crippen LogP contribution in [0.25, 0.3) is 0 Å². The minimum atomic E-state index is 0.212. The predicted octanol–water partition coefficient (Wildman–Crippen LogP) is 3.10. The van der Waals surface area contributed by atoms with E-state index >= 15 is 0 Å². The first-order valence-corrected chi connectivity index (χ1v) is 8.83. The van der Waals surface area contributed by atoms with Gasteiger partial charge in [-0.05, 0) is 19.8 Å². The van der Waals surface area contributed by atoms with E-state index in [1.54, 1.807) is 23.7 Å². The summed E-state index contributed by atoms with van der Waals surface area (Å²) in [5.74, 6) is 1.18. The van der Waals surface area contributed by atoms with Crippen molar-refractivity contribution in [1.82, 2.24) is 19.9 Å². The number of anilines is 2. The van der Waals surface area contributed by atoms with Crippen LogP contribution in [0.1, 0.15) is 43.5 Å². The Balaban J connectivity index is 1.80. The fourth-order valence-corrected chi connectivity index (χ4v) is 3.59. The molecule has 122 valence electrons. The molecule has 0 aliphatic carbocycles. The molecule has 3 rings (SSSR count). The van der Waals surface area contributed by atoms with Gasteiger partial charge in [-0.15, -0.1) is 11.3 Å². The molecule has 2 aromatic rings. The summed E-state index contributed by atoms with van der Waals surface area (Å²) in [7, 11) is 0. The summed E-state index contributed by atoms with van der Waals surface area (Å²) in [4.78, 5) is 27.3. The van der Waals surface area contributed by atoms with Gasteiger partial charge in [0.25, 0.3) is 0 Å². The molecule has 0 radical (unpaired) electrons. The third-order valence-electron chi connectivity index (χ3n) is 4.03. The Bertz CT molecular complexity index is 687. The van der Waals surface area contributed by atoms with Gasteiger partial charge in [0.2, 0.25) is 5.91 Å². The number of carbonyl (C=O) groups is 1. The number of amides is 1. The van der Waals surface area contributed by atoms with Gasteiger partial charge in [0, 0.05) is 43.2 Å². The lowest BCUT2D eigenvalue weighted by molar-refractivity contribution is -0.132. The highest BCUT2D eigenvalue weighted by Crippen LogP contribution is 2.31. The van der Waals surface area contributed by atoms with Crippen LogP contribution in [-0.2, 0) is 4.79 Å². The van der Waals surface area contributed by atoms with Gasteiger partial charge < -0.3 is 10.2 Å². The Morgan fingerprint density at radius 1 is 1.43 bits per heavy atom. The van der Waals surface area contributed by atoms with Gasteiger partial charge in [-0.2, -0.15) is 0 Å². The minimum absolute atomic E-state index is 0.212. The van der Waals surface area contributed by atoms with E-state index in [4.69, 9.17) is 0 Å². The van der Waals surface area contributed by atoms with Crippen molar-refractivity contribution in [2.75, 3.05) is 18.4 Å². The molecule has 1 amide bonds. The highest BCUT2D eigenvalue weighted by Gasteiger charge is 2.27. The average Bonchev–Trinajstić information content (AvgIpc) is 2.99. The number of nitrogens with one attached hydrogen (secondary N) is 1. The smallest absolute Gasteiger partial charge is 0.222 e. The molecule has 0 saturated carbocycles. The Hall–Kier alpha value is -2.02. The van der Waals surface area contributed by atoms with Gasteiger partial charge in [0.05, 0.1) is 11.4 Å². The average molecular weight is 331 g/mol. The second kappa shape index (κ2) is 7.04. The van der Waals surface area contributed by atoms with Crippen LogP contribution in [0.4, 0.5) is 10.9 Å². The number of nitrogens with zero attached hydrogens (tertiary/aromatic N) is 4. The summed E-state index contributed by atoms with van der Waals surface area (Å²) in [5, 5.41) is 6.10. The number of likely N-dealkylation sites (tertiary alicyclic amines) is 1. The quantitative estimate of drug-likeness (QED) is 0.932. The number of thiazole rings is 1. The normalized spacial score (nSPS) is 18.0. The molecule has 1 N–H and O–H groups in total. The molecular weight excluding hydrogens is 310 g/mol. The number of hydrogen-bond donors (Lipinski definition) is 1. The summed E-state index contributed by atoms with van der Waals surface area (Å²) < 4.78 is 0. The van der Waals surface area contributed by atoms with Crippen molar-refractivity contribution in [3.05, 3.63) is 29.2 Å². The lowest BCUT2D eigenvalue weighted by atomic mass is 9.94. The number of hydrogen-bond acceptors (Lipinski definition) is 6. The van der Waals surface area contributed by atoms with Gasteiger partial charge in [-0.1, -0.05) is 6.92 Å². The highest BCUT2D eigenvalue weighted by molar-refractivity contribution is 7.13. The van der Waals surface area contributed by atoms with Gasteiger partial charge in [-0.3, -0.25) is 9.78 Å². The number of aromatic nitrogens is 3. The molecule has 1 aliphatic rings. The van der Waals surface area contributed by atoms with Gasteiger partial charge in [0.1, 0.15) is 0 Å². The van der Waals surface area contributed by atoms with Crippen molar-refractivity contribution in [1.29, 1.82) is 0 Å². The fourth-order valence-electron chi connectivity index (χ4n) is 2.91. The standard InChI is InChI=1S/C16H21N5OS/c1-3-13(22)21-8-4-5-12(9-21)14-15(18-7-6-17-14)20-16-19-11(2)10-23-16/h6-7,10,12H,3-5,8-9H2,1-2H3,(H,18,19,20). The van der Waals surface area contributed by atoms with Crippen LogP contribution in [-0.4, -0.2) is 38.8 Å². The molecule has 1 unspecified atom stereocenters. The Kier molecular flexibility index (Phi) is 4.85. The third-order valence-corrected chi connectivity index (χ3v) is 4.91. The molecule has 7 heteroatoms. The van der Waals surface area contributed by atoms with Crippen LogP contribution in [0.15, 0.2) is 17.8 Å². The Labute approximate surface area is 140 Å². The zero-order valence-electron chi connectivity index (χ0n) is 13.5. The maximum Gasteiger partial charge on any atom is 0.222 e. The van der Waals surface area contributed by atoms with E-state index in [1.165, 1.54) is 0 Å². The zero-order chi connectivity index (χ0) is 16.2. The fraction of sp³-hybridized carbons (Fsp3) is 0.500. The van der Waals surface area contributed by atoms with Crippen molar-refractivity contribution in [3.63, 3.8) is 0 Å². The summed E-state index contributed by atoms with van der Waals surface area (Å²) in [6, 6.07) is 0. The molecule has 2 aromatic heterocycles. The van der Waals surface area contributed by atoms with E-state index in [1.807, 2.05) is 24.1 Å².